The number of nitrogen functional groups attached to an aromatic ring is 1. The quantitative estimate of drug-likeness (QED) is 0.526. The normalized spacial score (nSPS) is 9.91. The molecule has 0 spiro atoms. The zero-order chi connectivity index (χ0) is 17.0. The molecular formula is C11H9N7O5. The maximum absolute atomic E-state index is 11.9. The summed E-state index contributed by atoms with van der Waals surface area (Å²) in [5, 5.41) is 21.6. The van der Waals surface area contributed by atoms with Crippen LogP contribution in [0.25, 0.3) is 0 Å². The number of rotatable bonds is 5. The molecule has 2 aromatic rings. The number of nitrogens with zero attached hydrogens (tertiary/aromatic N) is 4. The number of hydrazine groups is 1. The number of carbonyl (C=O) groups is 1. The van der Waals surface area contributed by atoms with Gasteiger partial charge in [0.1, 0.15) is 6.33 Å². The van der Waals surface area contributed by atoms with E-state index in [4.69, 9.17) is 5.73 Å². The van der Waals surface area contributed by atoms with Crippen LogP contribution in [0.4, 0.5) is 23.0 Å². The number of non-ortho nitro benzene ring substituents is 1. The van der Waals surface area contributed by atoms with E-state index in [2.05, 4.69) is 20.8 Å². The zero-order valence-corrected chi connectivity index (χ0v) is 11.3. The third-order valence-corrected chi connectivity index (χ3v) is 2.65. The minimum absolute atomic E-state index is 0.0172. The standard InChI is InChI=1S/C11H9N7O5/c12-9-8(18(22)23)10(14-5-13-9)15-16-11(19)6-2-1-3-7(4-6)17(20)21/h1-5H,(H,16,19)(H3,12,13,14,15). The van der Waals surface area contributed by atoms with Crippen LogP contribution in [0.5, 0.6) is 0 Å². The van der Waals surface area contributed by atoms with Gasteiger partial charge >= 0.3 is 5.69 Å². The van der Waals surface area contributed by atoms with Gasteiger partial charge in [-0.3, -0.25) is 35.9 Å². The van der Waals surface area contributed by atoms with E-state index in [0.717, 1.165) is 12.4 Å². The van der Waals surface area contributed by atoms with Gasteiger partial charge in [-0.05, 0) is 6.07 Å². The molecule has 23 heavy (non-hydrogen) atoms. The fraction of sp³-hybridized carbons (Fsp3) is 0. The number of nitro benzene ring substituents is 1. The van der Waals surface area contributed by atoms with Gasteiger partial charge < -0.3 is 5.73 Å². The molecule has 0 atom stereocenters. The van der Waals surface area contributed by atoms with Crippen LogP contribution in [0.3, 0.4) is 0 Å². The first-order valence-electron chi connectivity index (χ1n) is 5.96. The lowest BCUT2D eigenvalue weighted by molar-refractivity contribution is -0.384. The average molecular weight is 319 g/mol. The number of amides is 1. The minimum atomic E-state index is -0.808. The van der Waals surface area contributed by atoms with Crippen molar-refractivity contribution in [2.45, 2.75) is 0 Å². The number of aromatic nitrogens is 2. The van der Waals surface area contributed by atoms with Crippen molar-refractivity contribution in [1.29, 1.82) is 0 Å². The summed E-state index contributed by atoms with van der Waals surface area (Å²) < 4.78 is 0. The van der Waals surface area contributed by atoms with Crippen LogP contribution in [0, 0.1) is 20.2 Å². The SMILES string of the molecule is Nc1ncnc(NNC(=O)c2cccc([N+](=O)[O-])c2)c1[N+](=O)[O-]. The lowest BCUT2D eigenvalue weighted by Crippen LogP contribution is -2.30. The summed E-state index contributed by atoms with van der Waals surface area (Å²) in [4.78, 5) is 39.1. The first-order valence-corrected chi connectivity index (χ1v) is 5.96. The van der Waals surface area contributed by atoms with Gasteiger partial charge in [-0.15, -0.1) is 0 Å². The Kier molecular flexibility index (Phi) is 4.26. The predicted octanol–water partition coefficient (Wildman–Crippen LogP) is 0.632. The zero-order valence-electron chi connectivity index (χ0n) is 11.3. The molecule has 2 rings (SSSR count). The Hall–Kier alpha value is -3.83. The molecule has 0 aliphatic carbocycles. The maximum Gasteiger partial charge on any atom is 0.354 e. The van der Waals surface area contributed by atoms with Crippen molar-refractivity contribution in [3.8, 4) is 0 Å². The van der Waals surface area contributed by atoms with Crippen molar-refractivity contribution in [2.24, 2.45) is 0 Å². The minimum Gasteiger partial charge on any atom is -0.378 e. The Bertz CT molecular complexity index is 794. The van der Waals surface area contributed by atoms with E-state index in [0.29, 0.717) is 0 Å². The molecule has 0 bridgehead atoms. The molecule has 12 heteroatoms. The molecule has 0 aliphatic rings. The Morgan fingerprint density at radius 3 is 2.57 bits per heavy atom. The first-order chi connectivity index (χ1) is 10.9. The second kappa shape index (κ2) is 6.30. The van der Waals surface area contributed by atoms with E-state index >= 15 is 0 Å². The van der Waals surface area contributed by atoms with Gasteiger partial charge in [0.05, 0.1) is 9.85 Å². The lowest BCUT2D eigenvalue weighted by Gasteiger charge is -2.08. The van der Waals surface area contributed by atoms with E-state index in [1.165, 1.54) is 18.2 Å². The number of nitrogens with one attached hydrogen (secondary N) is 2. The van der Waals surface area contributed by atoms with Crippen LogP contribution in [-0.4, -0.2) is 25.7 Å². The van der Waals surface area contributed by atoms with Gasteiger partial charge in [0.25, 0.3) is 11.6 Å². The molecule has 4 N–H and O–H groups in total. The summed E-state index contributed by atoms with van der Waals surface area (Å²) in [7, 11) is 0. The van der Waals surface area contributed by atoms with Crippen molar-refractivity contribution in [2.75, 3.05) is 11.2 Å². The molecule has 0 saturated heterocycles. The number of nitrogens with two attached hydrogens (primary N) is 1. The molecule has 0 radical (unpaired) electrons. The molecule has 0 saturated carbocycles. The molecule has 1 heterocycles. The molecule has 0 unspecified atom stereocenters. The Morgan fingerprint density at radius 1 is 1.17 bits per heavy atom. The van der Waals surface area contributed by atoms with Gasteiger partial charge in [0.2, 0.25) is 11.6 Å². The van der Waals surface area contributed by atoms with Crippen molar-refractivity contribution in [3.63, 3.8) is 0 Å². The average Bonchev–Trinajstić information content (AvgIpc) is 2.52. The highest BCUT2D eigenvalue weighted by molar-refractivity contribution is 5.95. The Morgan fingerprint density at radius 2 is 1.91 bits per heavy atom. The van der Waals surface area contributed by atoms with E-state index < -0.39 is 21.4 Å². The van der Waals surface area contributed by atoms with E-state index in [9.17, 15) is 25.0 Å². The van der Waals surface area contributed by atoms with Gasteiger partial charge in [-0.1, -0.05) is 6.07 Å². The molecule has 0 aliphatic heterocycles. The highest BCUT2D eigenvalue weighted by Gasteiger charge is 2.21. The highest BCUT2D eigenvalue weighted by Crippen LogP contribution is 2.25. The Balaban J connectivity index is 2.17. The summed E-state index contributed by atoms with van der Waals surface area (Å²) >= 11 is 0. The van der Waals surface area contributed by atoms with E-state index in [1.54, 1.807) is 0 Å². The molecular weight excluding hydrogens is 310 g/mol. The number of benzene rings is 1. The van der Waals surface area contributed by atoms with Crippen LogP contribution in [0.15, 0.2) is 30.6 Å². The number of hydrogen-bond acceptors (Lipinski definition) is 9. The van der Waals surface area contributed by atoms with Gasteiger partial charge in [-0.25, -0.2) is 9.97 Å². The van der Waals surface area contributed by atoms with Crippen LogP contribution in [0.1, 0.15) is 10.4 Å². The summed E-state index contributed by atoms with van der Waals surface area (Å²) in [6, 6.07) is 4.95. The summed E-state index contributed by atoms with van der Waals surface area (Å²) in [5.41, 5.74) is 8.86. The largest absolute Gasteiger partial charge is 0.378 e. The van der Waals surface area contributed by atoms with Crippen LogP contribution in [-0.2, 0) is 0 Å². The van der Waals surface area contributed by atoms with Crippen LogP contribution < -0.4 is 16.6 Å². The third kappa shape index (κ3) is 3.44. The van der Waals surface area contributed by atoms with Crippen LogP contribution >= 0.6 is 0 Å². The molecule has 1 aromatic heterocycles. The van der Waals surface area contributed by atoms with E-state index in [1.807, 2.05) is 0 Å². The molecule has 12 nitrogen and oxygen atoms in total. The first kappa shape index (κ1) is 15.6. The van der Waals surface area contributed by atoms with Gasteiger partial charge in [0.15, 0.2) is 0 Å². The number of hydrogen-bond donors (Lipinski definition) is 3. The lowest BCUT2D eigenvalue weighted by atomic mass is 10.2. The smallest absolute Gasteiger partial charge is 0.354 e. The summed E-state index contributed by atoms with van der Waals surface area (Å²) in [6.45, 7) is 0. The number of anilines is 2. The van der Waals surface area contributed by atoms with Crippen molar-refractivity contribution in [1.82, 2.24) is 15.4 Å². The molecule has 1 amide bonds. The summed E-state index contributed by atoms with van der Waals surface area (Å²) in [5.74, 6) is -1.45. The molecule has 1 aromatic carbocycles. The fourth-order valence-corrected chi connectivity index (χ4v) is 1.61. The third-order valence-electron chi connectivity index (χ3n) is 2.65. The van der Waals surface area contributed by atoms with Gasteiger partial charge in [-0.2, -0.15) is 0 Å². The van der Waals surface area contributed by atoms with Crippen LogP contribution in [0.2, 0.25) is 0 Å². The summed E-state index contributed by atoms with van der Waals surface area (Å²) in [6.07, 6.45) is 0.976. The number of carbonyl (C=O) groups excluding carboxylic acids is 1. The van der Waals surface area contributed by atoms with Crippen molar-refractivity contribution in [3.05, 3.63) is 56.4 Å². The molecule has 0 fully saturated rings. The maximum atomic E-state index is 11.9. The van der Waals surface area contributed by atoms with E-state index in [-0.39, 0.29) is 22.9 Å². The van der Waals surface area contributed by atoms with Crippen molar-refractivity contribution < 1.29 is 14.6 Å². The highest BCUT2D eigenvalue weighted by atomic mass is 16.6. The monoisotopic (exact) mass is 319 g/mol. The Labute approximate surface area is 127 Å². The second-order valence-corrected chi connectivity index (χ2v) is 4.10. The van der Waals surface area contributed by atoms with Gasteiger partial charge in [0, 0.05) is 17.7 Å². The predicted molar refractivity (Wildman–Crippen MR) is 77.3 cm³/mol. The molecule has 118 valence electrons. The topological polar surface area (TPSA) is 179 Å². The van der Waals surface area contributed by atoms with Crippen molar-refractivity contribution >= 4 is 28.9 Å². The number of nitro groups is 2. The fourth-order valence-electron chi connectivity index (χ4n) is 1.61. The second-order valence-electron chi connectivity index (χ2n) is 4.10.